The number of nitrogens with one attached hydrogen (secondary N) is 1. The Morgan fingerprint density at radius 3 is 2.75 bits per heavy atom. The van der Waals surface area contributed by atoms with Crippen LogP contribution in [-0.4, -0.2) is 23.2 Å². The number of hydrogen-bond donors (Lipinski definition) is 1. The summed E-state index contributed by atoms with van der Waals surface area (Å²) in [7, 11) is 1.55. The van der Waals surface area contributed by atoms with Crippen LogP contribution in [0.3, 0.4) is 0 Å². The van der Waals surface area contributed by atoms with Crippen LogP contribution in [0.15, 0.2) is 28.5 Å². The first-order valence-electron chi connectivity index (χ1n) is 7.02. The molecule has 1 aromatic carbocycles. The van der Waals surface area contributed by atoms with Crippen molar-refractivity contribution in [2.75, 3.05) is 7.11 Å². The van der Waals surface area contributed by atoms with E-state index in [2.05, 4.69) is 10.3 Å². The molecule has 1 fully saturated rings. The molecule has 2 aromatic rings. The van der Waals surface area contributed by atoms with E-state index in [0.29, 0.717) is 23.0 Å². The third-order valence-electron chi connectivity index (χ3n) is 3.17. The molecule has 3 rings (SSSR count). The average molecular weight is 362 g/mol. The summed E-state index contributed by atoms with van der Waals surface area (Å²) in [6.07, 6.45) is 1.64. The molecule has 124 valence electrons. The molecule has 2 amide bonds. The number of thioether (sulfide) groups is 1. The van der Waals surface area contributed by atoms with Crippen LogP contribution in [0.2, 0.25) is 0 Å². The highest BCUT2D eigenvalue weighted by atomic mass is 32.2. The molecule has 8 heteroatoms. The Balaban J connectivity index is 1.76. The van der Waals surface area contributed by atoms with Gasteiger partial charge in [-0.1, -0.05) is 6.07 Å². The van der Waals surface area contributed by atoms with Gasteiger partial charge in [-0.25, -0.2) is 4.98 Å². The number of methoxy groups -OCH3 is 1. The third-order valence-corrected chi connectivity index (χ3v) is 4.80. The average Bonchev–Trinajstić information content (AvgIpc) is 3.11. The van der Waals surface area contributed by atoms with E-state index < -0.39 is 0 Å². The van der Waals surface area contributed by atoms with Gasteiger partial charge in [0, 0.05) is 5.38 Å². The van der Waals surface area contributed by atoms with Gasteiger partial charge in [-0.15, -0.1) is 11.3 Å². The van der Waals surface area contributed by atoms with Gasteiger partial charge in [-0.2, -0.15) is 0 Å². The van der Waals surface area contributed by atoms with Gasteiger partial charge >= 0.3 is 0 Å². The van der Waals surface area contributed by atoms with Crippen LogP contribution in [0.5, 0.6) is 11.5 Å². The topological polar surface area (TPSA) is 77.5 Å². The lowest BCUT2D eigenvalue weighted by atomic mass is 10.2. The predicted molar refractivity (Wildman–Crippen MR) is 93.3 cm³/mol. The number of carbonyl (C=O) groups is 2. The van der Waals surface area contributed by atoms with E-state index in [1.165, 1.54) is 0 Å². The van der Waals surface area contributed by atoms with Crippen molar-refractivity contribution >= 4 is 40.3 Å². The number of imide groups is 1. The summed E-state index contributed by atoms with van der Waals surface area (Å²) < 4.78 is 11.1. The summed E-state index contributed by atoms with van der Waals surface area (Å²) in [4.78, 5) is 27.5. The van der Waals surface area contributed by atoms with Crippen molar-refractivity contribution in [2.24, 2.45) is 0 Å². The fourth-order valence-electron chi connectivity index (χ4n) is 2.09. The number of ether oxygens (including phenoxy) is 2. The summed E-state index contributed by atoms with van der Waals surface area (Å²) in [6, 6.07) is 5.32. The summed E-state index contributed by atoms with van der Waals surface area (Å²) in [5.74, 6) is 0.749. The standard InChI is InChI=1S/C16H14N2O4S2/c1-9-17-11(8-23-9)7-22-12-4-3-10(5-13(12)21-2)6-14-15(19)18-16(20)24-14/h3-6,8H,7H2,1-2H3,(H,18,19,20)/b14-6-. The molecule has 0 atom stereocenters. The maximum atomic E-state index is 11.6. The lowest BCUT2D eigenvalue weighted by Gasteiger charge is -2.10. The van der Waals surface area contributed by atoms with E-state index in [1.54, 1.807) is 42.7 Å². The van der Waals surface area contributed by atoms with Crippen molar-refractivity contribution in [2.45, 2.75) is 13.5 Å². The number of rotatable bonds is 5. The Hall–Kier alpha value is -2.32. The Labute approximate surface area is 146 Å². The number of amides is 2. The fourth-order valence-corrected chi connectivity index (χ4v) is 3.37. The number of carbonyl (C=O) groups excluding carboxylic acids is 2. The first-order chi connectivity index (χ1) is 11.5. The molecule has 1 saturated heterocycles. The maximum absolute atomic E-state index is 11.6. The lowest BCUT2D eigenvalue weighted by Crippen LogP contribution is -2.17. The Morgan fingerprint density at radius 2 is 2.12 bits per heavy atom. The highest BCUT2D eigenvalue weighted by molar-refractivity contribution is 8.18. The van der Waals surface area contributed by atoms with E-state index >= 15 is 0 Å². The van der Waals surface area contributed by atoms with Gasteiger partial charge in [0.15, 0.2) is 11.5 Å². The molecule has 0 unspecified atom stereocenters. The first kappa shape index (κ1) is 16.5. The number of nitrogens with zero attached hydrogens (tertiary/aromatic N) is 1. The highest BCUT2D eigenvalue weighted by Crippen LogP contribution is 2.32. The normalized spacial score (nSPS) is 15.7. The van der Waals surface area contributed by atoms with Gasteiger partial charge in [0.1, 0.15) is 6.61 Å². The Morgan fingerprint density at radius 1 is 1.29 bits per heavy atom. The van der Waals surface area contributed by atoms with Gasteiger partial charge < -0.3 is 9.47 Å². The summed E-state index contributed by atoms with van der Waals surface area (Å²) in [6.45, 7) is 2.30. The predicted octanol–water partition coefficient (Wildman–Crippen LogP) is 3.36. The molecule has 1 aromatic heterocycles. The molecule has 0 radical (unpaired) electrons. The molecule has 6 nitrogen and oxygen atoms in total. The highest BCUT2D eigenvalue weighted by Gasteiger charge is 2.25. The minimum Gasteiger partial charge on any atom is -0.493 e. The van der Waals surface area contributed by atoms with Crippen molar-refractivity contribution in [1.82, 2.24) is 10.3 Å². The second kappa shape index (κ2) is 7.06. The molecular formula is C16H14N2O4S2. The van der Waals surface area contributed by atoms with E-state index in [0.717, 1.165) is 28.0 Å². The second-order valence-corrected chi connectivity index (χ2v) is 6.99. The monoisotopic (exact) mass is 362 g/mol. The number of hydrogen-bond acceptors (Lipinski definition) is 7. The molecule has 1 aliphatic heterocycles. The van der Waals surface area contributed by atoms with Gasteiger partial charge in [-0.05, 0) is 42.5 Å². The zero-order valence-electron chi connectivity index (χ0n) is 13.0. The fraction of sp³-hybridized carbons (Fsp3) is 0.188. The van der Waals surface area contributed by atoms with Crippen molar-refractivity contribution in [3.63, 3.8) is 0 Å². The van der Waals surface area contributed by atoms with E-state index in [1.807, 2.05) is 12.3 Å². The molecule has 2 heterocycles. The number of aryl methyl sites for hydroxylation is 1. The molecule has 24 heavy (non-hydrogen) atoms. The zero-order chi connectivity index (χ0) is 17.1. The molecule has 0 bridgehead atoms. The largest absolute Gasteiger partial charge is 0.493 e. The van der Waals surface area contributed by atoms with E-state index in [-0.39, 0.29) is 11.1 Å². The number of benzene rings is 1. The summed E-state index contributed by atoms with van der Waals surface area (Å²) >= 11 is 2.45. The number of thiazole rings is 1. The van der Waals surface area contributed by atoms with Crippen molar-refractivity contribution in [1.29, 1.82) is 0 Å². The van der Waals surface area contributed by atoms with E-state index in [9.17, 15) is 9.59 Å². The third kappa shape index (κ3) is 3.77. The zero-order valence-corrected chi connectivity index (χ0v) is 14.6. The molecule has 1 N–H and O–H groups in total. The van der Waals surface area contributed by atoms with Gasteiger partial charge in [0.05, 0.1) is 22.7 Å². The molecular weight excluding hydrogens is 348 g/mol. The van der Waals surface area contributed by atoms with Crippen LogP contribution in [0.4, 0.5) is 4.79 Å². The van der Waals surface area contributed by atoms with E-state index in [4.69, 9.17) is 9.47 Å². The van der Waals surface area contributed by atoms with Crippen LogP contribution in [0.1, 0.15) is 16.3 Å². The van der Waals surface area contributed by atoms with Crippen LogP contribution in [-0.2, 0) is 11.4 Å². The van der Waals surface area contributed by atoms with Crippen LogP contribution in [0, 0.1) is 6.92 Å². The minimum absolute atomic E-state index is 0.355. The van der Waals surface area contributed by atoms with Crippen molar-refractivity contribution in [3.05, 3.63) is 44.7 Å². The lowest BCUT2D eigenvalue weighted by molar-refractivity contribution is -0.115. The Kier molecular flexibility index (Phi) is 4.86. The van der Waals surface area contributed by atoms with Crippen LogP contribution in [0.25, 0.3) is 6.08 Å². The molecule has 0 spiro atoms. The number of aromatic nitrogens is 1. The SMILES string of the molecule is COc1cc(/C=C2\SC(=O)NC2=O)ccc1OCc1csc(C)n1. The van der Waals surface area contributed by atoms with Gasteiger partial charge in [0.2, 0.25) is 0 Å². The molecule has 0 saturated carbocycles. The summed E-state index contributed by atoms with van der Waals surface area (Å²) in [5.41, 5.74) is 1.61. The maximum Gasteiger partial charge on any atom is 0.290 e. The molecule has 0 aliphatic carbocycles. The van der Waals surface area contributed by atoms with Gasteiger partial charge in [-0.3, -0.25) is 14.9 Å². The first-order valence-corrected chi connectivity index (χ1v) is 8.71. The van der Waals surface area contributed by atoms with Crippen molar-refractivity contribution in [3.8, 4) is 11.5 Å². The quantitative estimate of drug-likeness (QED) is 0.822. The van der Waals surface area contributed by atoms with Crippen LogP contribution >= 0.6 is 23.1 Å². The smallest absolute Gasteiger partial charge is 0.290 e. The minimum atomic E-state index is -0.386. The van der Waals surface area contributed by atoms with Crippen molar-refractivity contribution < 1.29 is 19.1 Å². The van der Waals surface area contributed by atoms with Crippen LogP contribution < -0.4 is 14.8 Å². The second-order valence-electron chi connectivity index (χ2n) is 4.91. The summed E-state index contributed by atoms with van der Waals surface area (Å²) in [5, 5.41) is 4.80. The Bertz CT molecular complexity index is 829. The molecule has 1 aliphatic rings. The van der Waals surface area contributed by atoms with Gasteiger partial charge in [0.25, 0.3) is 11.1 Å².